The van der Waals surface area contributed by atoms with E-state index in [1.54, 1.807) is 4.68 Å². The highest BCUT2D eigenvalue weighted by Gasteiger charge is 2.16. The van der Waals surface area contributed by atoms with Crippen LogP contribution in [-0.2, 0) is 13.5 Å². The molecule has 0 atom stereocenters. The number of rotatable bonds is 3. The maximum Gasteiger partial charge on any atom is 0.188 e. The molecule has 3 heteroatoms. The first-order valence-electron chi connectivity index (χ1n) is 7.07. The van der Waals surface area contributed by atoms with E-state index in [1.807, 2.05) is 37.4 Å². The second-order valence-electron chi connectivity index (χ2n) is 5.51. The highest BCUT2D eigenvalue weighted by Crippen LogP contribution is 2.20. The molecule has 0 N–H and O–H groups in total. The Kier molecular flexibility index (Phi) is 3.34. The van der Waals surface area contributed by atoms with E-state index in [2.05, 4.69) is 31.1 Å². The maximum absolute atomic E-state index is 12.6. The van der Waals surface area contributed by atoms with Gasteiger partial charge in [-0.2, -0.15) is 5.10 Å². The van der Waals surface area contributed by atoms with Crippen molar-refractivity contribution < 1.29 is 4.79 Å². The van der Waals surface area contributed by atoms with Crippen molar-refractivity contribution in [1.82, 2.24) is 9.78 Å². The molecule has 0 aliphatic carbocycles. The highest BCUT2D eigenvalue weighted by molar-refractivity contribution is 6.06. The van der Waals surface area contributed by atoms with Crippen molar-refractivity contribution in [3.8, 4) is 0 Å². The Bertz CT molecular complexity index is 830. The summed E-state index contributed by atoms with van der Waals surface area (Å²) in [7, 11) is 1.87. The van der Waals surface area contributed by atoms with Crippen LogP contribution in [0.1, 0.15) is 27.2 Å². The Labute approximate surface area is 124 Å². The molecule has 106 valence electrons. The molecule has 3 aromatic rings. The topological polar surface area (TPSA) is 34.9 Å². The number of para-hydroxylation sites is 1. The van der Waals surface area contributed by atoms with Crippen molar-refractivity contribution in [2.24, 2.45) is 7.05 Å². The second-order valence-corrected chi connectivity index (χ2v) is 5.51. The second kappa shape index (κ2) is 5.17. The van der Waals surface area contributed by atoms with Crippen molar-refractivity contribution in [2.75, 3.05) is 0 Å². The molecule has 3 rings (SSSR count). The van der Waals surface area contributed by atoms with Crippen LogP contribution in [0.5, 0.6) is 0 Å². The third kappa shape index (κ3) is 2.47. The van der Waals surface area contributed by atoms with Gasteiger partial charge in [-0.15, -0.1) is 0 Å². The minimum atomic E-state index is 0.0649. The summed E-state index contributed by atoms with van der Waals surface area (Å²) in [6, 6.07) is 14.0. The van der Waals surface area contributed by atoms with E-state index in [-0.39, 0.29) is 5.78 Å². The van der Waals surface area contributed by atoms with Crippen LogP contribution < -0.4 is 0 Å². The van der Waals surface area contributed by atoms with Gasteiger partial charge < -0.3 is 0 Å². The first kappa shape index (κ1) is 13.6. The van der Waals surface area contributed by atoms with Gasteiger partial charge in [0.05, 0.1) is 5.52 Å². The molecule has 0 saturated carbocycles. The minimum Gasteiger partial charge on any atom is -0.292 e. The van der Waals surface area contributed by atoms with Gasteiger partial charge >= 0.3 is 0 Å². The number of fused-ring (bicyclic) bond motifs is 1. The van der Waals surface area contributed by atoms with Crippen molar-refractivity contribution in [3.63, 3.8) is 0 Å². The molecule has 0 aliphatic rings. The number of aryl methyl sites for hydroxylation is 3. The number of carbonyl (C=O) groups is 1. The quantitative estimate of drug-likeness (QED) is 0.686. The van der Waals surface area contributed by atoms with E-state index in [9.17, 15) is 4.79 Å². The molecule has 0 saturated heterocycles. The molecule has 3 nitrogen and oxygen atoms in total. The van der Waals surface area contributed by atoms with Gasteiger partial charge in [0.2, 0.25) is 0 Å². The number of nitrogens with zero attached hydrogens (tertiary/aromatic N) is 2. The van der Waals surface area contributed by atoms with Gasteiger partial charge in [0, 0.05) is 18.9 Å². The number of ketones is 1. The highest BCUT2D eigenvalue weighted by atomic mass is 16.1. The monoisotopic (exact) mass is 278 g/mol. The molecule has 0 bridgehead atoms. The molecule has 1 aromatic heterocycles. The zero-order chi connectivity index (χ0) is 15.0. The molecule has 0 amide bonds. The van der Waals surface area contributed by atoms with Crippen molar-refractivity contribution >= 4 is 16.7 Å². The Balaban J connectivity index is 1.95. The molecule has 0 unspecified atom stereocenters. The zero-order valence-corrected chi connectivity index (χ0v) is 12.6. The molecule has 21 heavy (non-hydrogen) atoms. The van der Waals surface area contributed by atoms with Gasteiger partial charge in [0.25, 0.3) is 0 Å². The minimum absolute atomic E-state index is 0.0649. The number of hydrogen-bond acceptors (Lipinski definition) is 2. The van der Waals surface area contributed by atoms with Crippen molar-refractivity contribution in [1.29, 1.82) is 0 Å². The van der Waals surface area contributed by atoms with Crippen LogP contribution >= 0.6 is 0 Å². The number of benzene rings is 2. The average Bonchev–Trinajstić information content (AvgIpc) is 2.81. The molecule has 0 aliphatic heterocycles. The third-order valence-electron chi connectivity index (χ3n) is 3.96. The van der Waals surface area contributed by atoms with Crippen LogP contribution in [0.25, 0.3) is 10.9 Å². The number of hydrogen-bond donors (Lipinski definition) is 0. The smallest absolute Gasteiger partial charge is 0.188 e. The molecule has 1 heterocycles. The van der Waals surface area contributed by atoms with Gasteiger partial charge in [-0.1, -0.05) is 36.4 Å². The first-order valence-corrected chi connectivity index (χ1v) is 7.07. The summed E-state index contributed by atoms with van der Waals surface area (Å²) in [5, 5.41) is 5.32. The summed E-state index contributed by atoms with van der Waals surface area (Å²) < 4.78 is 1.77. The molecule has 0 fully saturated rings. The van der Waals surface area contributed by atoms with Crippen LogP contribution in [0.3, 0.4) is 0 Å². The molecular weight excluding hydrogens is 260 g/mol. The van der Waals surface area contributed by atoms with Crippen molar-refractivity contribution in [2.45, 2.75) is 20.3 Å². The Morgan fingerprint density at radius 2 is 1.86 bits per heavy atom. The molecule has 0 spiro atoms. The zero-order valence-electron chi connectivity index (χ0n) is 12.6. The lowest BCUT2D eigenvalue weighted by Crippen LogP contribution is -2.06. The summed E-state index contributed by atoms with van der Waals surface area (Å²) in [5.41, 5.74) is 5.05. The van der Waals surface area contributed by atoms with E-state index in [0.29, 0.717) is 12.1 Å². The summed E-state index contributed by atoms with van der Waals surface area (Å²) in [5.74, 6) is 0.0649. The summed E-state index contributed by atoms with van der Waals surface area (Å²) in [6.45, 7) is 4.15. The van der Waals surface area contributed by atoms with E-state index < -0.39 is 0 Å². The Hall–Kier alpha value is -2.42. The predicted octanol–water partition coefficient (Wildman–Crippen LogP) is 3.62. The van der Waals surface area contributed by atoms with E-state index >= 15 is 0 Å². The fourth-order valence-electron chi connectivity index (χ4n) is 2.60. The van der Waals surface area contributed by atoms with Gasteiger partial charge in [-0.05, 0) is 36.6 Å². The summed E-state index contributed by atoms with van der Waals surface area (Å²) >= 11 is 0. The molecule has 0 radical (unpaired) electrons. The average molecular weight is 278 g/mol. The Morgan fingerprint density at radius 3 is 2.62 bits per heavy atom. The van der Waals surface area contributed by atoms with E-state index in [1.165, 1.54) is 11.1 Å². The third-order valence-corrected chi connectivity index (χ3v) is 3.96. The maximum atomic E-state index is 12.6. The number of aromatic nitrogens is 2. The normalized spacial score (nSPS) is 11.0. The van der Waals surface area contributed by atoms with Crippen molar-refractivity contribution in [3.05, 3.63) is 64.8 Å². The van der Waals surface area contributed by atoms with Crippen LogP contribution in [0, 0.1) is 13.8 Å². The molecule has 2 aromatic carbocycles. The van der Waals surface area contributed by atoms with Crippen LogP contribution in [0.4, 0.5) is 0 Å². The Morgan fingerprint density at radius 1 is 1.10 bits per heavy atom. The number of Topliss-reactive ketones (excluding diaryl/α,β-unsaturated/α-hetero) is 1. The van der Waals surface area contributed by atoms with Gasteiger partial charge in [0.15, 0.2) is 5.78 Å². The lowest BCUT2D eigenvalue weighted by atomic mass is 10.0. The fourth-order valence-corrected chi connectivity index (χ4v) is 2.60. The predicted molar refractivity (Wildman–Crippen MR) is 84.7 cm³/mol. The standard InChI is InChI=1S/C18H18N2O/c1-12-8-9-14(10-13(12)2)11-17(21)18-15-6-4-5-7-16(15)20(3)19-18/h4-10H,11H2,1-3H3. The van der Waals surface area contributed by atoms with Gasteiger partial charge in [-0.3, -0.25) is 9.48 Å². The van der Waals surface area contributed by atoms with Crippen LogP contribution in [-0.4, -0.2) is 15.6 Å². The SMILES string of the molecule is Cc1ccc(CC(=O)c2nn(C)c3ccccc23)cc1C. The van der Waals surface area contributed by atoms with Gasteiger partial charge in [-0.25, -0.2) is 0 Å². The largest absolute Gasteiger partial charge is 0.292 e. The number of carbonyl (C=O) groups excluding carboxylic acids is 1. The first-order chi connectivity index (χ1) is 10.1. The molecular formula is C18H18N2O. The summed E-state index contributed by atoms with van der Waals surface area (Å²) in [4.78, 5) is 12.6. The van der Waals surface area contributed by atoms with Crippen LogP contribution in [0.2, 0.25) is 0 Å². The van der Waals surface area contributed by atoms with Gasteiger partial charge in [0.1, 0.15) is 5.69 Å². The van der Waals surface area contributed by atoms with E-state index in [4.69, 9.17) is 0 Å². The lowest BCUT2D eigenvalue weighted by Gasteiger charge is -2.04. The summed E-state index contributed by atoms with van der Waals surface area (Å²) in [6.07, 6.45) is 0.391. The lowest BCUT2D eigenvalue weighted by molar-refractivity contribution is 0.0989. The fraction of sp³-hybridized carbons (Fsp3) is 0.222. The van der Waals surface area contributed by atoms with E-state index in [0.717, 1.165) is 16.5 Å². The van der Waals surface area contributed by atoms with Crippen LogP contribution in [0.15, 0.2) is 42.5 Å².